The van der Waals surface area contributed by atoms with Crippen LogP contribution < -0.4 is 9.62 Å². The predicted octanol–water partition coefficient (Wildman–Crippen LogP) is 2.73. The fourth-order valence-corrected chi connectivity index (χ4v) is 5.07. The summed E-state index contributed by atoms with van der Waals surface area (Å²) >= 11 is 6.31. The Bertz CT molecular complexity index is 1080. The molecule has 4 rings (SSSR count). The van der Waals surface area contributed by atoms with Crippen LogP contribution in [0.5, 0.6) is 0 Å². The molecule has 1 aromatic heterocycles. The zero-order valence-corrected chi connectivity index (χ0v) is 18.7. The first-order valence-electron chi connectivity index (χ1n) is 10.2. The van der Waals surface area contributed by atoms with Crippen LogP contribution in [0, 0.1) is 12.7 Å². The third-order valence-corrected chi connectivity index (χ3v) is 7.74. The molecule has 0 unspecified atom stereocenters. The molecule has 1 aromatic carbocycles. The van der Waals surface area contributed by atoms with Gasteiger partial charge in [-0.1, -0.05) is 17.7 Å². The van der Waals surface area contributed by atoms with Gasteiger partial charge in [0, 0.05) is 43.9 Å². The van der Waals surface area contributed by atoms with E-state index in [9.17, 15) is 17.6 Å². The predicted molar refractivity (Wildman–Crippen MR) is 117 cm³/mol. The molecule has 0 bridgehead atoms. The van der Waals surface area contributed by atoms with Gasteiger partial charge in [0.25, 0.3) is 5.91 Å². The highest BCUT2D eigenvalue weighted by atomic mass is 35.5. The van der Waals surface area contributed by atoms with Gasteiger partial charge in [0.05, 0.1) is 10.8 Å². The van der Waals surface area contributed by atoms with Gasteiger partial charge in [0.15, 0.2) is 0 Å². The molecular formula is C21H24ClFN4O3S. The molecule has 10 heteroatoms. The van der Waals surface area contributed by atoms with Gasteiger partial charge in [-0.25, -0.2) is 22.5 Å². The van der Waals surface area contributed by atoms with E-state index >= 15 is 0 Å². The zero-order chi connectivity index (χ0) is 22.2. The molecule has 1 aliphatic carbocycles. The van der Waals surface area contributed by atoms with E-state index in [1.165, 1.54) is 12.1 Å². The van der Waals surface area contributed by atoms with Crippen molar-refractivity contribution in [3.8, 4) is 0 Å². The molecule has 2 heterocycles. The Hall–Kier alpha value is -2.23. The van der Waals surface area contributed by atoms with Gasteiger partial charge in [-0.2, -0.15) is 0 Å². The SMILES string of the molecule is Cc1ccc(N2CCN(Cc3cc(F)c(C(=O)NS(=O)(=O)C4CC4)cc3Cl)CC2)nc1. The fourth-order valence-electron chi connectivity index (χ4n) is 3.55. The second-order valence-corrected chi connectivity index (χ2v) is 10.4. The highest BCUT2D eigenvalue weighted by molar-refractivity contribution is 7.91. The van der Waals surface area contributed by atoms with Crippen molar-refractivity contribution in [2.24, 2.45) is 0 Å². The Labute approximate surface area is 186 Å². The van der Waals surface area contributed by atoms with Gasteiger partial charge in [-0.15, -0.1) is 0 Å². The molecule has 1 aliphatic heterocycles. The highest BCUT2D eigenvalue weighted by Gasteiger charge is 2.37. The number of anilines is 1. The Kier molecular flexibility index (Phi) is 6.18. The van der Waals surface area contributed by atoms with Crippen LogP contribution >= 0.6 is 11.6 Å². The van der Waals surface area contributed by atoms with Crippen molar-refractivity contribution in [3.63, 3.8) is 0 Å². The molecular weight excluding hydrogens is 443 g/mol. The van der Waals surface area contributed by atoms with Crippen LogP contribution in [0.15, 0.2) is 30.5 Å². The summed E-state index contributed by atoms with van der Waals surface area (Å²) in [6, 6.07) is 6.46. The van der Waals surface area contributed by atoms with E-state index < -0.39 is 27.0 Å². The van der Waals surface area contributed by atoms with Gasteiger partial charge in [0.2, 0.25) is 10.0 Å². The molecule has 1 saturated carbocycles. The molecule has 2 fully saturated rings. The molecule has 166 valence electrons. The van der Waals surface area contributed by atoms with Crippen LogP contribution in [0.2, 0.25) is 5.02 Å². The number of hydrogen-bond donors (Lipinski definition) is 1. The van der Waals surface area contributed by atoms with Crippen molar-refractivity contribution < 1.29 is 17.6 Å². The number of aryl methyl sites for hydroxylation is 1. The molecule has 7 nitrogen and oxygen atoms in total. The van der Waals surface area contributed by atoms with E-state index in [4.69, 9.17) is 11.6 Å². The monoisotopic (exact) mass is 466 g/mol. The highest BCUT2D eigenvalue weighted by Crippen LogP contribution is 2.28. The summed E-state index contributed by atoms with van der Waals surface area (Å²) in [6.45, 7) is 5.53. The minimum Gasteiger partial charge on any atom is -0.354 e. The number of aromatic nitrogens is 1. The van der Waals surface area contributed by atoms with Gasteiger partial charge in [-0.3, -0.25) is 9.69 Å². The Morgan fingerprint density at radius 2 is 1.94 bits per heavy atom. The lowest BCUT2D eigenvalue weighted by molar-refractivity contribution is 0.0977. The molecule has 2 aromatic rings. The van der Waals surface area contributed by atoms with E-state index in [0.29, 0.717) is 24.9 Å². The van der Waals surface area contributed by atoms with E-state index in [2.05, 4.69) is 14.8 Å². The number of hydrogen-bond acceptors (Lipinski definition) is 6. The number of rotatable bonds is 6. The number of halogens is 2. The summed E-state index contributed by atoms with van der Waals surface area (Å²) in [4.78, 5) is 21.1. The second kappa shape index (κ2) is 8.72. The first-order chi connectivity index (χ1) is 14.7. The number of sulfonamides is 1. The topological polar surface area (TPSA) is 82.6 Å². The molecule has 1 amide bonds. The second-order valence-electron chi connectivity index (χ2n) is 8.06. The molecule has 1 N–H and O–H groups in total. The first-order valence-corrected chi connectivity index (χ1v) is 12.1. The Morgan fingerprint density at radius 1 is 1.23 bits per heavy atom. The third-order valence-electron chi connectivity index (χ3n) is 5.56. The average Bonchev–Trinajstić information content (AvgIpc) is 3.57. The fraction of sp³-hybridized carbons (Fsp3) is 0.429. The van der Waals surface area contributed by atoms with Crippen molar-refractivity contribution in [1.82, 2.24) is 14.6 Å². The molecule has 2 aliphatic rings. The van der Waals surface area contributed by atoms with Crippen LogP contribution in [0.25, 0.3) is 0 Å². The van der Waals surface area contributed by atoms with Crippen LogP contribution in [-0.4, -0.2) is 55.6 Å². The van der Waals surface area contributed by atoms with Crippen molar-refractivity contribution in [2.75, 3.05) is 31.1 Å². The number of nitrogens with one attached hydrogen (secondary N) is 1. The molecule has 31 heavy (non-hydrogen) atoms. The Morgan fingerprint density at radius 3 is 2.55 bits per heavy atom. The van der Waals surface area contributed by atoms with Gasteiger partial charge in [-0.05, 0) is 49.1 Å². The number of carbonyl (C=O) groups is 1. The number of nitrogens with zero attached hydrogens (tertiary/aromatic N) is 3. The van der Waals surface area contributed by atoms with Crippen LogP contribution in [-0.2, 0) is 16.6 Å². The average molecular weight is 467 g/mol. The summed E-state index contributed by atoms with van der Waals surface area (Å²) in [7, 11) is -3.75. The maximum absolute atomic E-state index is 14.6. The third kappa shape index (κ3) is 5.16. The van der Waals surface area contributed by atoms with Crippen molar-refractivity contribution in [2.45, 2.75) is 31.6 Å². The van der Waals surface area contributed by atoms with Gasteiger partial charge < -0.3 is 4.90 Å². The smallest absolute Gasteiger partial charge is 0.267 e. The van der Waals surface area contributed by atoms with Crippen molar-refractivity contribution in [3.05, 3.63) is 58.0 Å². The minimum absolute atomic E-state index is 0.234. The summed E-state index contributed by atoms with van der Waals surface area (Å²) in [5, 5.41) is -0.332. The largest absolute Gasteiger partial charge is 0.354 e. The standard InChI is InChI=1S/C21H24ClFN4O3S/c1-14-2-5-20(24-12-14)27-8-6-26(7-9-27)13-15-10-19(23)17(11-18(15)22)21(28)25-31(29,30)16-3-4-16/h2,5,10-12,16H,3-4,6-9,13H2,1H3,(H,25,28). The summed E-state index contributed by atoms with van der Waals surface area (Å²) < 4.78 is 40.4. The molecule has 0 atom stereocenters. The lowest BCUT2D eigenvalue weighted by Crippen LogP contribution is -2.46. The van der Waals surface area contributed by atoms with Crippen LogP contribution in [0.4, 0.5) is 10.2 Å². The first kappa shape index (κ1) is 22.0. The maximum atomic E-state index is 14.6. The minimum atomic E-state index is -3.75. The normalized spacial score (nSPS) is 17.6. The molecule has 0 spiro atoms. The number of piperazine rings is 1. The lowest BCUT2D eigenvalue weighted by Gasteiger charge is -2.35. The molecule has 0 radical (unpaired) electrons. The van der Waals surface area contributed by atoms with Crippen molar-refractivity contribution in [1.29, 1.82) is 0 Å². The lowest BCUT2D eigenvalue weighted by atomic mass is 10.1. The van der Waals surface area contributed by atoms with Crippen molar-refractivity contribution >= 4 is 33.3 Å². The van der Waals surface area contributed by atoms with E-state index in [1.807, 2.05) is 30.0 Å². The summed E-state index contributed by atoms with van der Waals surface area (Å²) in [6.07, 6.45) is 2.87. The zero-order valence-electron chi connectivity index (χ0n) is 17.1. The number of amides is 1. The summed E-state index contributed by atoms with van der Waals surface area (Å²) in [5.41, 5.74) is 1.30. The van der Waals surface area contributed by atoms with E-state index in [0.717, 1.165) is 37.6 Å². The van der Waals surface area contributed by atoms with Crippen LogP contribution in [0.1, 0.15) is 34.3 Å². The number of benzene rings is 1. The van der Waals surface area contributed by atoms with E-state index in [-0.39, 0.29) is 10.6 Å². The summed E-state index contributed by atoms with van der Waals surface area (Å²) in [5.74, 6) is -0.840. The molecule has 1 saturated heterocycles. The van der Waals surface area contributed by atoms with Crippen LogP contribution in [0.3, 0.4) is 0 Å². The number of pyridine rings is 1. The maximum Gasteiger partial charge on any atom is 0.267 e. The van der Waals surface area contributed by atoms with Gasteiger partial charge in [0.1, 0.15) is 11.6 Å². The Balaban J connectivity index is 1.38. The van der Waals surface area contributed by atoms with E-state index in [1.54, 1.807) is 0 Å². The van der Waals surface area contributed by atoms with Gasteiger partial charge >= 0.3 is 0 Å². The quantitative estimate of drug-likeness (QED) is 0.705. The number of carbonyl (C=O) groups excluding carboxylic acids is 1.